The molecule has 0 amide bonds. The van der Waals surface area contributed by atoms with Gasteiger partial charge in [-0.15, -0.1) is 0 Å². The summed E-state index contributed by atoms with van der Waals surface area (Å²) >= 11 is 0. The molecule has 0 radical (unpaired) electrons. The van der Waals surface area contributed by atoms with Crippen molar-refractivity contribution >= 4 is 28.4 Å². The highest BCUT2D eigenvalue weighted by Gasteiger charge is 2.55. The lowest BCUT2D eigenvalue weighted by molar-refractivity contribution is -0.137. The molecule has 2 aromatic heterocycles. The zero-order chi connectivity index (χ0) is 31.9. The second-order valence-corrected chi connectivity index (χ2v) is 9.98. The molecule has 2 aliphatic rings. The Balaban J connectivity index is 0.00000207. The van der Waals surface area contributed by atoms with Crippen LogP contribution in [0.2, 0.25) is 0 Å². The summed E-state index contributed by atoms with van der Waals surface area (Å²) in [6.45, 7) is 5.88. The Morgan fingerprint density at radius 1 is 1.12 bits per heavy atom. The number of nitrogens with two attached hydrogens (primary N) is 1. The zero-order valence-corrected chi connectivity index (χ0v) is 23.8. The smallest absolute Gasteiger partial charge is 0.417 e. The average molecular weight is 620 g/mol. The lowest BCUT2D eigenvalue weighted by Crippen LogP contribution is -2.67. The maximum atomic E-state index is 16.3. The van der Waals surface area contributed by atoms with E-state index in [0.29, 0.717) is 25.6 Å². The summed E-state index contributed by atoms with van der Waals surface area (Å²) in [4.78, 5) is 13.5. The van der Waals surface area contributed by atoms with Crippen LogP contribution in [0.4, 0.5) is 48.2 Å². The first kappa shape index (κ1) is 32.3. The second kappa shape index (κ2) is 12.1. The van der Waals surface area contributed by atoms with Crippen LogP contribution in [0, 0.1) is 18.6 Å². The third-order valence-electron chi connectivity index (χ3n) is 7.12. The van der Waals surface area contributed by atoms with Gasteiger partial charge < -0.3 is 31.1 Å². The monoisotopic (exact) mass is 619 g/mol. The number of alkyl halides is 5. The van der Waals surface area contributed by atoms with Crippen LogP contribution in [-0.2, 0) is 6.18 Å². The summed E-state index contributed by atoms with van der Waals surface area (Å²) in [5.41, 5.74) is 0.318. The first-order valence-electron chi connectivity index (χ1n) is 13.7. The molecule has 2 aliphatic heterocycles. The molecule has 5 rings (SSSR count). The first-order valence-corrected chi connectivity index (χ1v) is 13.7. The van der Waals surface area contributed by atoms with Gasteiger partial charge in [0.2, 0.25) is 11.8 Å². The molecule has 0 bridgehead atoms. The number of benzene rings is 1. The quantitative estimate of drug-likeness (QED) is 0.240. The van der Waals surface area contributed by atoms with E-state index in [1.165, 1.54) is 0 Å². The number of nitrogens with one attached hydrogen (secondary N) is 2. The second-order valence-electron chi connectivity index (χ2n) is 9.98. The van der Waals surface area contributed by atoms with Crippen LogP contribution in [0.15, 0.2) is 6.07 Å². The fraction of sp³-hybridized carbons (Fsp3) is 0.519. The van der Waals surface area contributed by atoms with E-state index in [1.54, 1.807) is 6.92 Å². The topological polar surface area (TPSA) is 121 Å². The number of aliphatic hydroxyl groups excluding tert-OH is 1. The number of halogens is 7. The van der Waals surface area contributed by atoms with Crippen LogP contribution in [0.5, 0.6) is 5.88 Å². The van der Waals surface area contributed by atoms with Crippen LogP contribution < -0.4 is 26.0 Å². The number of anilines is 3. The summed E-state index contributed by atoms with van der Waals surface area (Å²) in [5.74, 6) is -6.73. The number of aliphatic hydroxyl groups is 1. The fourth-order valence-electron chi connectivity index (χ4n) is 4.97. The molecule has 236 valence electrons. The van der Waals surface area contributed by atoms with E-state index in [2.05, 4.69) is 25.6 Å². The Kier molecular flexibility index (Phi) is 9.11. The van der Waals surface area contributed by atoms with Crippen LogP contribution in [0.3, 0.4) is 0 Å². The van der Waals surface area contributed by atoms with Gasteiger partial charge in [0.15, 0.2) is 5.82 Å². The minimum atomic E-state index is -5.13. The van der Waals surface area contributed by atoms with Gasteiger partial charge in [-0.25, -0.2) is 27.5 Å². The van der Waals surface area contributed by atoms with Crippen LogP contribution in [-0.4, -0.2) is 70.9 Å². The van der Waals surface area contributed by atoms with Crippen molar-refractivity contribution in [3.8, 4) is 17.1 Å². The summed E-state index contributed by atoms with van der Waals surface area (Å²) in [6.07, 6.45) is -5.24. The van der Waals surface area contributed by atoms with Crippen LogP contribution >= 0.6 is 0 Å². The number of pyridine rings is 1. The van der Waals surface area contributed by atoms with Crippen molar-refractivity contribution in [2.45, 2.75) is 58.4 Å². The predicted octanol–water partition coefficient (Wildman–Crippen LogP) is 4.89. The standard InChI is InChI=1S/C25H26F7N7O2.C2H6/c1-10-3-4-34-5-6-35-21-15-20(37-23(38-21)39-9-24(28,29)14(39)8-40)18(27)19(36-22(15)41-10)12-7-13(33)17(26)11(2)16(12)25(30,31)32;1-2/h7,10,14,34,40H,3-6,8-9,33H2,1-2H3,(H,35,37,38);1-2H3. The summed E-state index contributed by atoms with van der Waals surface area (Å²) in [6, 6.07) is -1.07. The van der Waals surface area contributed by atoms with Crippen molar-refractivity contribution in [3.05, 3.63) is 28.8 Å². The molecule has 1 saturated heterocycles. The largest absolute Gasteiger partial charge is 0.474 e. The lowest BCUT2D eigenvalue weighted by Gasteiger charge is -2.46. The molecule has 1 fully saturated rings. The van der Waals surface area contributed by atoms with Gasteiger partial charge in [-0.05, 0) is 38.4 Å². The first-order chi connectivity index (χ1) is 20.2. The molecule has 16 heteroatoms. The predicted molar refractivity (Wildman–Crippen MR) is 147 cm³/mol. The SMILES string of the molecule is CC.Cc1c(F)c(N)cc(-c2nc3c4c(nc(N5CC(F)(F)C5CO)nc4c2F)NCCNCCC(C)O3)c1C(F)(F)F. The number of hydrogen-bond donors (Lipinski definition) is 4. The number of nitrogen functional groups attached to an aromatic ring is 1. The maximum Gasteiger partial charge on any atom is 0.417 e. The average Bonchev–Trinajstić information content (AvgIpc) is 2.97. The Morgan fingerprint density at radius 2 is 1.81 bits per heavy atom. The maximum absolute atomic E-state index is 16.3. The molecular formula is C27H32F7N7O2. The molecule has 43 heavy (non-hydrogen) atoms. The van der Waals surface area contributed by atoms with E-state index in [9.17, 15) is 31.4 Å². The molecule has 3 aromatic rings. The van der Waals surface area contributed by atoms with Crippen molar-refractivity contribution in [1.82, 2.24) is 20.3 Å². The van der Waals surface area contributed by atoms with Crippen molar-refractivity contribution < 1.29 is 40.6 Å². The van der Waals surface area contributed by atoms with E-state index in [-0.39, 0.29) is 23.6 Å². The zero-order valence-electron chi connectivity index (χ0n) is 23.8. The number of ether oxygens (including phenoxy) is 1. The molecule has 4 heterocycles. The highest BCUT2D eigenvalue weighted by Crippen LogP contribution is 2.45. The van der Waals surface area contributed by atoms with Gasteiger partial charge in [0.1, 0.15) is 34.3 Å². The molecular weight excluding hydrogens is 587 g/mol. The molecule has 0 saturated carbocycles. The molecule has 0 spiro atoms. The molecule has 2 atom stereocenters. The van der Waals surface area contributed by atoms with E-state index < -0.39 is 88.6 Å². The number of nitrogens with zero attached hydrogens (tertiary/aromatic N) is 4. The summed E-state index contributed by atoms with van der Waals surface area (Å²) in [7, 11) is 0. The van der Waals surface area contributed by atoms with E-state index in [1.807, 2.05) is 13.8 Å². The minimum absolute atomic E-state index is 0.0633. The van der Waals surface area contributed by atoms with E-state index in [4.69, 9.17) is 10.5 Å². The lowest BCUT2D eigenvalue weighted by atomic mass is 9.96. The van der Waals surface area contributed by atoms with Gasteiger partial charge in [-0.1, -0.05) is 13.8 Å². The molecule has 9 nitrogen and oxygen atoms in total. The number of aromatic nitrogens is 3. The van der Waals surface area contributed by atoms with Gasteiger partial charge in [0, 0.05) is 18.7 Å². The summed E-state index contributed by atoms with van der Waals surface area (Å²) < 4.78 is 108. The van der Waals surface area contributed by atoms with Gasteiger partial charge >= 0.3 is 6.18 Å². The van der Waals surface area contributed by atoms with Crippen molar-refractivity contribution in [2.24, 2.45) is 0 Å². The minimum Gasteiger partial charge on any atom is -0.474 e. The van der Waals surface area contributed by atoms with E-state index >= 15 is 4.39 Å². The van der Waals surface area contributed by atoms with E-state index in [0.717, 1.165) is 11.8 Å². The van der Waals surface area contributed by atoms with Gasteiger partial charge in [-0.3, -0.25) is 0 Å². The van der Waals surface area contributed by atoms with Crippen molar-refractivity contribution in [2.75, 3.05) is 48.7 Å². The third-order valence-corrected chi connectivity index (χ3v) is 7.12. The van der Waals surface area contributed by atoms with Crippen LogP contribution in [0.25, 0.3) is 22.2 Å². The highest BCUT2D eigenvalue weighted by atomic mass is 19.4. The normalized spacial score (nSPS) is 20.2. The fourth-order valence-corrected chi connectivity index (χ4v) is 4.97. The summed E-state index contributed by atoms with van der Waals surface area (Å²) in [5, 5.41) is 15.5. The molecule has 1 aromatic carbocycles. The molecule has 5 N–H and O–H groups in total. The number of hydrogen-bond acceptors (Lipinski definition) is 9. The Bertz CT molecular complexity index is 1500. The van der Waals surface area contributed by atoms with Crippen molar-refractivity contribution in [1.29, 1.82) is 0 Å². The molecule has 0 aliphatic carbocycles. The molecule has 2 unspecified atom stereocenters. The van der Waals surface area contributed by atoms with Gasteiger partial charge in [0.25, 0.3) is 5.92 Å². The number of rotatable bonds is 3. The Morgan fingerprint density at radius 3 is 2.44 bits per heavy atom. The highest BCUT2D eigenvalue weighted by molar-refractivity contribution is 5.97. The third kappa shape index (κ3) is 5.94. The van der Waals surface area contributed by atoms with Crippen LogP contribution in [0.1, 0.15) is 38.3 Å². The van der Waals surface area contributed by atoms with Crippen molar-refractivity contribution in [3.63, 3.8) is 0 Å². The van der Waals surface area contributed by atoms with Gasteiger partial charge in [-0.2, -0.15) is 18.2 Å². The van der Waals surface area contributed by atoms with Gasteiger partial charge in [0.05, 0.1) is 30.5 Å². The Labute approximate surface area is 242 Å². The Hall–Kier alpha value is -3.66.